The highest BCUT2D eigenvalue weighted by molar-refractivity contribution is 5.81. The van der Waals surface area contributed by atoms with E-state index in [-0.39, 0.29) is 11.3 Å². The molecule has 0 aliphatic heterocycles. The van der Waals surface area contributed by atoms with Crippen molar-refractivity contribution < 1.29 is 4.79 Å². The van der Waals surface area contributed by atoms with E-state index in [9.17, 15) is 4.79 Å². The van der Waals surface area contributed by atoms with E-state index >= 15 is 0 Å². The number of amides is 1. The molecule has 0 heterocycles. The number of hydrogen-bond acceptors (Lipinski definition) is 1. The van der Waals surface area contributed by atoms with Crippen LogP contribution in [-0.4, -0.2) is 24.4 Å². The van der Waals surface area contributed by atoms with Gasteiger partial charge in [0.1, 0.15) is 0 Å². The normalized spacial score (nSPS) is 11.4. The van der Waals surface area contributed by atoms with E-state index < -0.39 is 0 Å². The van der Waals surface area contributed by atoms with Crippen molar-refractivity contribution in [3.63, 3.8) is 0 Å². The lowest BCUT2D eigenvalue weighted by Crippen LogP contribution is -2.37. The molecule has 0 N–H and O–H groups in total. The van der Waals surface area contributed by atoms with Crippen molar-refractivity contribution in [1.82, 2.24) is 4.90 Å². The zero-order valence-corrected chi connectivity index (χ0v) is 8.98. The molecular weight excluding hydrogens is 150 g/mol. The van der Waals surface area contributed by atoms with E-state index in [1.807, 2.05) is 32.7 Å². The minimum atomic E-state index is -0.234. The Morgan fingerprint density at radius 3 is 2.17 bits per heavy atom. The number of carbonyl (C=O) groups excluding carboxylic acids is 1. The summed E-state index contributed by atoms with van der Waals surface area (Å²) >= 11 is 0. The summed E-state index contributed by atoms with van der Waals surface area (Å²) in [6, 6.07) is 0. The van der Waals surface area contributed by atoms with Gasteiger partial charge in [0.25, 0.3) is 0 Å². The first kappa shape index (κ1) is 11.5. The smallest absolute Gasteiger partial charge is 0.227 e. The molecule has 0 spiro atoms. The Hall–Kier alpha value is -0.530. The average molecular weight is 171 g/mol. The first-order valence-electron chi connectivity index (χ1n) is 4.65. The van der Waals surface area contributed by atoms with Crippen LogP contribution in [0.3, 0.4) is 0 Å². The van der Waals surface area contributed by atoms with Crippen molar-refractivity contribution in [3.8, 4) is 0 Å². The lowest BCUT2D eigenvalue weighted by molar-refractivity contribution is -0.138. The van der Waals surface area contributed by atoms with E-state index in [4.69, 9.17) is 0 Å². The second kappa shape index (κ2) is 4.48. The van der Waals surface area contributed by atoms with Gasteiger partial charge < -0.3 is 4.90 Å². The third-order valence-electron chi connectivity index (χ3n) is 1.84. The molecule has 2 nitrogen and oxygen atoms in total. The quantitative estimate of drug-likeness (QED) is 0.638. The summed E-state index contributed by atoms with van der Waals surface area (Å²) in [5.41, 5.74) is -0.234. The fraction of sp³-hybridized carbons (Fsp3) is 0.900. The number of unbranched alkanes of at least 4 members (excludes halogenated alkanes) is 1. The monoisotopic (exact) mass is 171 g/mol. The van der Waals surface area contributed by atoms with Gasteiger partial charge >= 0.3 is 0 Å². The molecule has 1 amide bonds. The minimum absolute atomic E-state index is 0.232. The summed E-state index contributed by atoms with van der Waals surface area (Å²) in [6.07, 6.45) is 2.24. The van der Waals surface area contributed by atoms with Gasteiger partial charge in [0.05, 0.1) is 0 Å². The molecule has 0 aliphatic rings. The van der Waals surface area contributed by atoms with Crippen LogP contribution in [0.25, 0.3) is 0 Å². The number of nitrogens with zero attached hydrogens (tertiary/aromatic N) is 1. The van der Waals surface area contributed by atoms with Crippen LogP contribution in [0, 0.1) is 5.41 Å². The van der Waals surface area contributed by atoms with Crippen LogP contribution in [0.15, 0.2) is 0 Å². The van der Waals surface area contributed by atoms with Gasteiger partial charge in [0.15, 0.2) is 0 Å². The molecule has 72 valence electrons. The number of hydrogen-bond donors (Lipinski definition) is 0. The van der Waals surface area contributed by atoms with Crippen LogP contribution in [0.5, 0.6) is 0 Å². The summed E-state index contributed by atoms with van der Waals surface area (Å²) in [5, 5.41) is 0. The van der Waals surface area contributed by atoms with Gasteiger partial charge in [0.2, 0.25) is 5.91 Å². The summed E-state index contributed by atoms with van der Waals surface area (Å²) in [6.45, 7) is 8.88. The summed E-state index contributed by atoms with van der Waals surface area (Å²) < 4.78 is 0. The lowest BCUT2D eigenvalue weighted by Gasteiger charge is -2.25. The van der Waals surface area contributed by atoms with E-state index in [1.165, 1.54) is 0 Å². The Morgan fingerprint density at radius 1 is 1.33 bits per heavy atom. The van der Waals surface area contributed by atoms with Crippen molar-refractivity contribution in [2.75, 3.05) is 13.6 Å². The Labute approximate surface area is 75.9 Å². The fourth-order valence-corrected chi connectivity index (χ4v) is 1.07. The Kier molecular flexibility index (Phi) is 4.29. The third-order valence-corrected chi connectivity index (χ3v) is 1.84. The maximum atomic E-state index is 11.6. The molecule has 0 fully saturated rings. The van der Waals surface area contributed by atoms with Crippen LogP contribution in [0.1, 0.15) is 40.5 Å². The summed E-state index contributed by atoms with van der Waals surface area (Å²) in [5.74, 6) is 0.232. The van der Waals surface area contributed by atoms with Crippen LogP contribution >= 0.6 is 0 Å². The van der Waals surface area contributed by atoms with E-state index in [0.717, 1.165) is 19.4 Å². The highest BCUT2D eigenvalue weighted by Gasteiger charge is 2.24. The largest absolute Gasteiger partial charge is 0.345 e. The zero-order chi connectivity index (χ0) is 9.78. The predicted molar refractivity (Wildman–Crippen MR) is 52.0 cm³/mol. The van der Waals surface area contributed by atoms with Gasteiger partial charge in [-0.25, -0.2) is 0 Å². The molecule has 0 saturated heterocycles. The molecule has 0 atom stereocenters. The summed E-state index contributed by atoms with van der Waals surface area (Å²) in [7, 11) is 1.88. The summed E-state index contributed by atoms with van der Waals surface area (Å²) in [4.78, 5) is 13.4. The maximum Gasteiger partial charge on any atom is 0.227 e. The highest BCUT2D eigenvalue weighted by atomic mass is 16.2. The Balaban J connectivity index is 3.94. The minimum Gasteiger partial charge on any atom is -0.345 e. The molecule has 0 aromatic rings. The Bertz CT molecular complexity index is 146. The van der Waals surface area contributed by atoms with Gasteiger partial charge in [-0.1, -0.05) is 34.1 Å². The molecule has 0 rings (SSSR count). The molecular formula is C10H21NO. The second-order valence-corrected chi connectivity index (χ2v) is 4.33. The molecule has 0 aromatic carbocycles. The van der Waals surface area contributed by atoms with Crippen molar-refractivity contribution in [1.29, 1.82) is 0 Å². The number of carbonyl (C=O) groups is 1. The molecule has 0 radical (unpaired) electrons. The van der Waals surface area contributed by atoms with Crippen LogP contribution < -0.4 is 0 Å². The predicted octanol–water partition coefficient (Wildman–Crippen LogP) is 2.29. The molecule has 2 heteroatoms. The molecule has 0 aliphatic carbocycles. The molecule has 0 aromatic heterocycles. The molecule has 0 unspecified atom stereocenters. The van der Waals surface area contributed by atoms with Crippen LogP contribution in [0.4, 0.5) is 0 Å². The first-order valence-corrected chi connectivity index (χ1v) is 4.65. The van der Waals surface area contributed by atoms with Crippen LogP contribution in [-0.2, 0) is 4.79 Å². The lowest BCUT2D eigenvalue weighted by atomic mass is 9.95. The van der Waals surface area contributed by atoms with Gasteiger partial charge in [-0.3, -0.25) is 4.79 Å². The molecule has 0 bridgehead atoms. The first-order chi connectivity index (χ1) is 5.39. The average Bonchev–Trinajstić information content (AvgIpc) is 1.97. The van der Waals surface area contributed by atoms with Crippen molar-refractivity contribution >= 4 is 5.91 Å². The van der Waals surface area contributed by atoms with Crippen molar-refractivity contribution in [3.05, 3.63) is 0 Å². The Morgan fingerprint density at radius 2 is 1.83 bits per heavy atom. The fourth-order valence-electron chi connectivity index (χ4n) is 1.07. The molecule has 12 heavy (non-hydrogen) atoms. The molecule has 0 saturated carbocycles. The third kappa shape index (κ3) is 3.74. The standard InChI is InChI=1S/C10H21NO/c1-6-7-8-11(5)9(12)10(2,3)4/h6-8H2,1-5H3. The van der Waals surface area contributed by atoms with E-state index in [0.29, 0.717) is 0 Å². The van der Waals surface area contributed by atoms with Crippen molar-refractivity contribution in [2.24, 2.45) is 5.41 Å². The highest BCUT2D eigenvalue weighted by Crippen LogP contribution is 2.16. The van der Waals surface area contributed by atoms with Gasteiger partial charge in [-0.2, -0.15) is 0 Å². The number of rotatable bonds is 3. The zero-order valence-electron chi connectivity index (χ0n) is 8.98. The van der Waals surface area contributed by atoms with Gasteiger partial charge in [0, 0.05) is 19.0 Å². The van der Waals surface area contributed by atoms with Crippen LogP contribution in [0.2, 0.25) is 0 Å². The van der Waals surface area contributed by atoms with E-state index in [1.54, 1.807) is 0 Å². The van der Waals surface area contributed by atoms with Crippen molar-refractivity contribution in [2.45, 2.75) is 40.5 Å². The topological polar surface area (TPSA) is 20.3 Å². The maximum absolute atomic E-state index is 11.6. The SMILES string of the molecule is CCCCN(C)C(=O)C(C)(C)C. The van der Waals surface area contributed by atoms with Gasteiger partial charge in [-0.05, 0) is 6.42 Å². The van der Waals surface area contributed by atoms with E-state index in [2.05, 4.69) is 6.92 Å². The second-order valence-electron chi connectivity index (χ2n) is 4.33. The van der Waals surface area contributed by atoms with Gasteiger partial charge in [-0.15, -0.1) is 0 Å².